The lowest BCUT2D eigenvalue weighted by atomic mass is 10.2. The molecule has 0 aromatic heterocycles. The summed E-state index contributed by atoms with van der Waals surface area (Å²) < 4.78 is 5.10. The molecule has 0 heterocycles. The summed E-state index contributed by atoms with van der Waals surface area (Å²) in [5, 5.41) is 2.94. The molecule has 1 aliphatic carbocycles. The molecule has 90 valence electrons. The van der Waals surface area contributed by atoms with E-state index in [1.807, 2.05) is 6.92 Å². The highest BCUT2D eigenvalue weighted by Crippen LogP contribution is 2.32. The molecule has 0 aliphatic heterocycles. The van der Waals surface area contributed by atoms with Gasteiger partial charge in [0, 0.05) is 25.6 Å². The fourth-order valence-electron chi connectivity index (χ4n) is 1.46. The first-order chi connectivity index (χ1) is 6.77. The Hall–Kier alpha value is -0.320. The molecular weight excluding hydrogens is 216 g/mol. The van der Waals surface area contributed by atoms with Crippen LogP contribution >= 0.6 is 12.4 Å². The van der Waals surface area contributed by atoms with E-state index in [2.05, 4.69) is 5.32 Å². The van der Waals surface area contributed by atoms with Crippen molar-refractivity contribution in [3.05, 3.63) is 0 Å². The summed E-state index contributed by atoms with van der Waals surface area (Å²) >= 11 is 0. The van der Waals surface area contributed by atoms with E-state index in [1.165, 1.54) is 12.8 Å². The highest BCUT2D eigenvalue weighted by Gasteiger charge is 2.30. The highest BCUT2D eigenvalue weighted by molar-refractivity contribution is 5.85. The van der Waals surface area contributed by atoms with Gasteiger partial charge in [-0.1, -0.05) is 0 Å². The van der Waals surface area contributed by atoms with Gasteiger partial charge < -0.3 is 15.8 Å². The van der Waals surface area contributed by atoms with Gasteiger partial charge in [-0.3, -0.25) is 4.79 Å². The van der Waals surface area contributed by atoms with Crippen LogP contribution in [0.1, 0.15) is 26.2 Å². The summed E-state index contributed by atoms with van der Waals surface area (Å²) in [5.41, 5.74) is 5.57. The van der Waals surface area contributed by atoms with Crippen molar-refractivity contribution < 1.29 is 9.53 Å². The molecule has 1 amide bonds. The number of amides is 1. The maximum absolute atomic E-state index is 11.4. The van der Waals surface area contributed by atoms with Gasteiger partial charge in [-0.2, -0.15) is 0 Å². The normalized spacial score (nSPS) is 16.7. The minimum absolute atomic E-state index is 0. The Morgan fingerprint density at radius 3 is 2.73 bits per heavy atom. The molecule has 0 saturated heterocycles. The SMILES string of the molecule is CCOCCC(=O)NC(CN)C1CC1.Cl. The average molecular weight is 237 g/mol. The lowest BCUT2D eigenvalue weighted by Crippen LogP contribution is -2.42. The van der Waals surface area contributed by atoms with Gasteiger partial charge in [-0.05, 0) is 25.7 Å². The number of nitrogens with two attached hydrogens (primary N) is 1. The van der Waals surface area contributed by atoms with Crippen LogP contribution in [0.2, 0.25) is 0 Å². The Balaban J connectivity index is 0.00000196. The van der Waals surface area contributed by atoms with E-state index in [0.29, 0.717) is 32.1 Å². The standard InChI is InChI=1S/C10H20N2O2.ClH/c1-2-14-6-5-10(13)12-9(7-11)8-3-4-8;/h8-9H,2-7,11H2,1H3,(H,12,13);1H. The van der Waals surface area contributed by atoms with Crippen molar-refractivity contribution in [2.24, 2.45) is 11.7 Å². The number of hydrogen-bond acceptors (Lipinski definition) is 3. The molecule has 1 rings (SSSR count). The second-order valence-corrected chi connectivity index (χ2v) is 3.69. The van der Waals surface area contributed by atoms with Crippen molar-refractivity contribution in [3.8, 4) is 0 Å². The zero-order valence-corrected chi connectivity index (χ0v) is 10.0. The van der Waals surface area contributed by atoms with Gasteiger partial charge in [0.1, 0.15) is 0 Å². The zero-order chi connectivity index (χ0) is 10.4. The molecule has 1 fully saturated rings. The molecule has 1 atom stereocenters. The summed E-state index contributed by atoms with van der Waals surface area (Å²) in [4.78, 5) is 11.4. The maximum Gasteiger partial charge on any atom is 0.222 e. The minimum Gasteiger partial charge on any atom is -0.381 e. The summed E-state index contributed by atoms with van der Waals surface area (Å²) in [6.07, 6.45) is 2.85. The number of ether oxygens (including phenoxy) is 1. The van der Waals surface area contributed by atoms with Gasteiger partial charge in [0.15, 0.2) is 0 Å². The predicted molar refractivity (Wildman–Crippen MR) is 62.1 cm³/mol. The number of carbonyl (C=O) groups excluding carboxylic acids is 1. The molecule has 3 N–H and O–H groups in total. The third-order valence-electron chi connectivity index (χ3n) is 2.47. The number of nitrogens with one attached hydrogen (secondary N) is 1. The van der Waals surface area contributed by atoms with E-state index in [4.69, 9.17) is 10.5 Å². The molecular formula is C10H21ClN2O2. The van der Waals surface area contributed by atoms with E-state index in [-0.39, 0.29) is 24.4 Å². The van der Waals surface area contributed by atoms with Crippen LogP contribution in [0, 0.1) is 5.92 Å². The van der Waals surface area contributed by atoms with E-state index in [1.54, 1.807) is 0 Å². The van der Waals surface area contributed by atoms with Gasteiger partial charge in [0.05, 0.1) is 6.61 Å². The van der Waals surface area contributed by atoms with Crippen LogP contribution in [0.15, 0.2) is 0 Å². The van der Waals surface area contributed by atoms with Crippen LogP contribution in [0.4, 0.5) is 0 Å². The molecule has 4 nitrogen and oxygen atoms in total. The molecule has 0 aromatic rings. The van der Waals surface area contributed by atoms with E-state index >= 15 is 0 Å². The minimum atomic E-state index is 0. The van der Waals surface area contributed by atoms with Gasteiger partial charge in [-0.15, -0.1) is 12.4 Å². The summed E-state index contributed by atoms with van der Waals surface area (Å²) in [5.74, 6) is 0.678. The molecule has 0 aromatic carbocycles. The van der Waals surface area contributed by atoms with Crippen molar-refractivity contribution in [2.45, 2.75) is 32.2 Å². The highest BCUT2D eigenvalue weighted by atomic mass is 35.5. The quantitative estimate of drug-likeness (QED) is 0.640. The topological polar surface area (TPSA) is 64.3 Å². The summed E-state index contributed by atoms with van der Waals surface area (Å²) in [6, 6.07) is 0.184. The van der Waals surface area contributed by atoms with Crippen molar-refractivity contribution in [1.29, 1.82) is 0 Å². The Kier molecular flexibility index (Phi) is 7.74. The summed E-state index contributed by atoms with van der Waals surface area (Å²) in [6.45, 7) is 3.64. The number of halogens is 1. The molecule has 1 aliphatic rings. The van der Waals surface area contributed by atoms with Crippen LogP contribution in [-0.4, -0.2) is 31.7 Å². The van der Waals surface area contributed by atoms with Crippen LogP contribution < -0.4 is 11.1 Å². The second-order valence-electron chi connectivity index (χ2n) is 3.69. The first kappa shape index (κ1) is 14.7. The maximum atomic E-state index is 11.4. The van der Waals surface area contributed by atoms with Gasteiger partial charge in [0.25, 0.3) is 0 Å². The Bertz CT molecular complexity index is 186. The molecule has 15 heavy (non-hydrogen) atoms. The lowest BCUT2D eigenvalue weighted by molar-refractivity contribution is -0.122. The van der Waals surface area contributed by atoms with Crippen LogP contribution in [-0.2, 0) is 9.53 Å². The van der Waals surface area contributed by atoms with Crippen LogP contribution in [0.5, 0.6) is 0 Å². The third kappa shape index (κ3) is 5.97. The Labute approximate surface area is 97.3 Å². The van der Waals surface area contributed by atoms with Gasteiger partial charge in [0.2, 0.25) is 5.91 Å². The molecule has 0 spiro atoms. The van der Waals surface area contributed by atoms with Crippen LogP contribution in [0.3, 0.4) is 0 Å². The molecule has 0 radical (unpaired) electrons. The van der Waals surface area contributed by atoms with Crippen molar-refractivity contribution >= 4 is 18.3 Å². The second kappa shape index (κ2) is 7.91. The lowest BCUT2D eigenvalue weighted by Gasteiger charge is -2.15. The smallest absolute Gasteiger partial charge is 0.222 e. The molecule has 5 heteroatoms. The van der Waals surface area contributed by atoms with Gasteiger partial charge in [-0.25, -0.2) is 0 Å². The largest absolute Gasteiger partial charge is 0.381 e. The van der Waals surface area contributed by atoms with E-state index < -0.39 is 0 Å². The monoisotopic (exact) mass is 236 g/mol. The molecule has 1 saturated carbocycles. The first-order valence-electron chi connectivity index (χ1n) is 5.35. The Morgan fingerprint density at radius 2 is 2.27 bits per heavy atom. The molecule has 1 unspecified atom stereocenters. The Morgan fingerprint density at radius 1 is 1.60 bits per heavy atom. The number of carbonyl (C=O) groups is 1. The first-order valence-corrected chi connectivity index (χ1v) is 5.35. The van der Waals surface area contributed by atoms with E-state index in [9.17, 15) is 4.79 Å². The third-order valence-corrected chi connectivity index (χ3v) is 2.47. The van der Waals surface area contributed by atoms with E-state index in [0.717, 1.165) is 0 Å². The zero-order valence-electron chi connectivity index (χ0n) is 9.20. The summed E-state index contributed by atoms with van der Waals surface area (Å²) in [7, 11) is 0. The predicted octanol–water partition coefficient (Wildman–Crippen LogP) is 0.688. The van der Waals surface area contributed by atoms with Crippen LogP contribution in [0.25, 0.3) is 0 Å². The molecule has 0 bridgehead atoms. The number of hydrogen-bond donors (Lipinski definition) is 2. The van der Waals surface area contributed by atoms with Gasteiger partial charge >= 0.3 is 0 Å². The fraction of sp³-hybridized carbons (Fsp3) is 0.900. The number of rotatable bonds is 7. The van der Waals surface area contributed by atoms with Crippen molar-refractivity contribution in [1.82, 2.24) is 5.32 Å². The van der Waals surface area contributed by atoms with Crippen molar-refractivity contribution in [3.63, 3.8) is 0 Å². The average Bonchev–Trinajstić information content (AvgIpc) is 2.98. The fourth-order valence-corrected chi connectivity index (χ4v) is 1.46. The van der Waals surface area contributed by atoms with Crippen molar-refractivity contribution in [2.75, 3.05) is 19.8 Å².